The summed E-state index contributed by atoms with van der Waals surface area (Å²) in [4.78, 5) is 11.0. The SMILES string of the molecule is CC(C)Cc1ccnn1-c1ccccc1C=O. The minimum Gasteiger partial charge on any atom is -0.298 e. The number of aldehydes is 1. The molecule has 0 atom stereocenters. The zero-order valence-corrected chi connectivity index (χ0v) is 10.1. The average Bonchev–Trinajstić information content (AvgIpc) is 2.76. The summed E-state index contributed by atoms with van der Waals surface area (Å²) >= 11 is 0. The number of para-hydroxylation sites is 1. The molecule has 0 amide bonds. The van der Waals surface area contributed by atoms with Gasteiger partial charge >= 0.3 is 0 Å². The van der Waals surface area contributed by atoms with Crippen molar-refractivity contribution in [3.63, 3.8) is 0 Å². The van der Waals surface area contributed by atoms with Crippen LogP contribution in [0.25, 0.3) is 5.69 Å². The predicted octanol–water partition coefficient (Wildman–Crippen LogP) is 2.88. The maximum atomic E-state index is 11.0. The molecule has 0 fully saturated rings. The Balaban J connectivity index is 2.46. The van der Waals surface area contributed by atoms with Crippen LogP contribution in [-0.4, -0.2) is 16.1 Å². The summed E-state index contributed by atoms with van der Waals surface area (Å²) in [5.74, 6) is 0.564. The van der Waals surface area contributed by atoms with Gasteiger partial charge in [0.05, 0.1) is 5.69 Å². The van der Waals surface area contributed by atoms with Gasteiger partial charge in [-0.15, -0.1) is 0 Å². The Labute approximate surface area is 101 Å². The first-order valence-electron chi connectivity index (χ1n) is 5.80. The first-order chi connectivity index (χ1) is 8.22. The van der Waals surface area contributed by atoms with E-state index in [1.54, 1.807) is 6.20 Å². The molecule has 0 aliphatic carbocycles. The lowest BCUT2D eigenvalue weighted by Crippen LogP contribution is -2.07. The zero-order valence-electron chi connectivity index (χ0n) is 10.1. The molecule has 2 rings (SSSR count). The third-order valence-electron chi connectivity index (χ3n) is 2.63. The van der Waals surface area contributed by atoms with Crippen molar-refractivity contribution in [2.45, 2.75) is 20.3 Å². The second kappa shape index (κ2) is 4.95. The molecule has 88 valence electrons. The quantitative estimate of drug-likeness (QED) is 0.754. The lowest BCUT2D eigenvalue weighted by atomic mass is 10.1. The van der Waals surface area contributed by atoms with Crippen molar-refractivity contribution in [2.24, 2.45) is 5.92 Å². The Morgan fingerprint density at radius 2 is 2.06 bits per heavy atom. The van der Waals surface area contributed by atoms with E-state index in [-0.39, 0.29) is 0 Å². The molecular formula is C14H16N2O. The van der Waals surface area contributed by atoms with Crippen molar-refractivity contribution in [3.05, 3.63) is 47.8 Å². The molecule has 0 aliphatic heterocycles. The smallest absolute Gasteiger partial charge is 0.152 e. The normalized spacial score (nSPS) is 10.8. The van der Waals surface area contributed by atoms with Gasteiger partial charge in [0.25, 0.3) is 0 Å². The van der Waals surface area contributed by atoms with Gasteiger partial charge in [-0.05, 0) is 30.5 Å². The highest BCUT2D eigenvalue weighted by atomic mass is 16.1. The van der Waals surface area contributed by atoms with E-state index in [2.05, 4.69) is 18.9 Å². The molecule has 0 spiro atoms. The molecule has 3 nitrogen and oxygen atoms in total. The fourth-order valence-corrected chi connectivity index (χ4v) is 1.90. The van der Waals surface area contributed by atoms with Crippen molar-refractivity contribution in [1.29, 1.82) is 0 Å². The van der Waals surface area contributed by atoms with Crippen molar-refractivity contribution < 1.29 is 4.79 Å². The average molecular weight is 228 g/mol. The molecule has 0 bridgehead atoms. The summed E-state index contributed by atoms with van der Waals surface area (Å²) < 4.78 is 1.85. The van der Waals surface area contributed by atoms with E-state index in [0.29, 0.717) is 11.5 Å². The monoisotopic (exact) mass is 228 g/mol. The summed E-state index contributed by atoms with van der Waals surface area (Å²) in [6, 6.07) is 9.51. The van der Waals surface area contributed by atoms with Crippen molar-refractivity contribution in [3.8, 4) is 5.69 Å². The summed E-state index contributed by atoms with van der Waals surface area (Å²) in [6.07, 6.45) is 3.60. The topological polar surface area (TPSA) is 34.9 Å². The number of carbonyl (C=O) groups excluding carboxylic acids is 1. The Morgan fingerprint density at radius 1 is 1.29 bits per heavy atom. The number of nitrogens with zero attached hydrogens (tertiary/aromatic N) is 2. The van der Waals surface area contributed by atoms with E-state index in [1.165, 1.54) is 0 Å². The molecule has 1 aromatic carbocycles. The standard InChI is InChI=1S/C14H16N2O/c1-11(2)9-13-7-8-15-16(13)14-6-4-3-5-12(14)10-17/h3-8,10-11H,9H2,1-2H3. The van der Waals surface area contributed by atoms with Gasteiger partial charge in [-0.25, -0.2) is 4.68 Å². The van der Waals surface area contributed by atoms with Gasteiger partial charge in [0, 0.05) is 17.5 Å². The second-order valence-corrected chi connectivity index (χ2v) is 4.51. The molecule has 0 saturated carbocycles. The molecule has 0 radical (unpaired) electrons. The minimum absolute atomic E-state index is 0.564. The lowest BCUT2D eigenvalue weighted by Gasteiger charge is -2.10. The summed E-state index contributed by atoms with van der Waals surface area (Å²) in [7, 11) is 0. The van der Waals surface area contributed by atoms with Crippen LogP contribution in [0.3, 0.4) is 0 Å². The van der Waals surface area contributed by atoms with Gasteiger partial charge in [-0.3, -0.25) is 4.79 Å². The number of rotatable bonds is 4. The third kappa shape index (κ3) is 2.44. The number of hydrogen-bond acceptors (Lipinski definition) is 2. The van der Waals surface area contributed by atoms with Crippen LogP contribution in [0, 0.1) is 5.92 Å². The van der Waals surface area contributed by atoms with Crippen LogP contribution >= 0.6 is 0 Å². The number of hydrogen-bond donors (Lipinski definition) is 0. The third-order valence-corrected chi connectivity index (χ3v) is 2.63. The summed E-state index contributed by atoms with van der Waals surface area (Å²) in [5.41, 5.74) is 2.65. The molecule has 0 saturated heterocycles. The molecule has 17 heavy (non-hydrogen) atoms. The Hall–Kier alpha value is -1.90. The largest absolute Gasteiger partial charge is 0.298 e. The Bertz CT molecular complexity index is 514. The van der Waals surface area contributed by atoms with Crippen LogP contribution in [0.5, 0.6) is 0 Å². The molecule has 2 aromatic rings. The molecular weight excluding hydrogens is 212 g/mol. The maximum Gasteiger partial charge on any atom is 0.152 e. The van der Waals surface area contributed by atoms with Gasteiger partial charge in [0.2, 0.25) is 0 Å². The van der Waals surface area contributed by atoms with E-state index in [1.807, 2.05) is 35.0 Å². The number of aromatic nitrogens is 2. The van der Waals surface area contributed by atoms with Gasteiger partial charge in [-0.1, -0.05) is 26.0 Å². The fraction of sp³-hybridized carbons (Fsp3) is 0.286. The minimum atomic E-state index is 0.564. The molecule has 0 N–H and O–H groups in total. The van der Waals surface area contributed by atoms with E-state index in [0.717, 1.165) is 24.1 Å². The summed E-state index contributed by atoms with van der Waals surface area (Å²) in [6.45, 7) is 4.34. The number of carbonyl (C=O) groups is 1. The van der Waals surface area contributed by atoms with E-state index < -0.39 is 0 Å². The summed E-state index contributed by atoms with van der Waals surface area (Å²) in [5, 5.41) is 4.31. The molecule has 0 aliphatic rings. The highest BCUT2D eigenvalue weighted by Gasteiger charge is 2.09. The van der Waals surface area contributed by atoms with Crippen LogP contribution in [-0.2, 0) is 6.42 Å². The second-order valence-electron chi connectivity index (χ2n) is 4.51. The highest BCUT2D eigenvalue weighted by molar-refractivity contribution is 5.80. The van der Waals surface area contributed by atoms with Crippen LogP contribution in [0.15, 0.2) is 36.5 Å². The van der Waals surface area contributed by atoms with Crippen molar-refractivity contribution in [2.75, 3.05) is 0 Å². The van der Waals surface area contributed by atoms with Crippen LogP contribution in [0.4, 0.5) is 0 Å². The highest BCUT2D eigenvalue weighted by Crippen LogP contribution is 2.16. The van der Waals surface area contributed by atoms with Gasteiger partial charge in [0.15, 0.2) is 6.29 Å². The molecule has 1 aromatic heterocycles. The van der Waals surface area contributed by atoms with Crippen LogP contribution in [0.1, 0.15) is 29.9 Å². The Kier molecular flexibility index (Phi) is 3.38. The van der Waals surface area contributed by atoms with Gasteiger partial charge in [-0.2, -0.15) is 5.10 Å². The van der Waals surface area contributed by atoms with Crippen LogP contribution < -0.4 is 0 Å². The fourth-order valence-electron chi connectivity index (χ4n) is 1.90. The van der Waals surface area contributed by atoms with E-state index in [4.69, 9.17) is 0 Å². The van der Waals surface area contributed by atoms with E-state index >= 15 is 0 Å². The predicted molar refractivity (Wildman–Crippen MR) is 67.5 cm³/mol. The zero-order chi connectivity index (χ0) is 12.3. The molecule has 1 heterocycles. The lowest BCUT2D eigenvalue weighted by molar-refractivity contribution is 0.112. The number of benzene rings is 1. The van der Waals surface area contributed by atoms with Crippen molar-refractivity contribution in [1.82, 2.24) is 9.78 Å². The molecule has 0 unspecified atom stereocenters. The van der Waals surface area contributed by atoms with Gasteiger partial charge in [0.1, 0.15) is 0 Å². The maximum absolute atomic E-state index is 11.0. The molecule has 3 heteroatoms. The van der Waals surface area contributed by atoms with Crippen LogP contribution in [0.2, 0.25) is 0 Å². The van der Waals surface area contributed by atoms with Gasteiger partial charge < -0.3 is 0 Å². The first-order valence-corrected chi connectivity index (χ1v) is 5.80. The van der Waals surface area contributed by atoms with E-state index in [9.17, 15) is 4.79 Å². The first kappa shape index (κ1) is 11.6. The Morgan fingerprint density at radius 3 is 2.76 bits per heavy atom. The van der Waals surface area contributed by atoms with Crippen molar-refractivity contribution >= 4 is 6.29 Å².